The van der Waals surface area contributed by atoms with E-state index < -0.39 is 11.9 Å². The van der Waals surface area contributed by atoms with Crippen LogP contribution in [0, 0.1) is 17.2 Å². The van der Waals surface area contributed by atoms with Crippen LogP contribution in [0.15, 0.2) is 36.0 Å². The van der Waals surface area contributed by atoms with Gasteiger partial charge in [0.15, 0.2) is 0 Å². The summed E-state index contributed by atoms with van der Waals surface area (Å²) in [6, 6.07) is 7.91. The van der Waals surface area contributed by atoms with Crippen molar-refractivity contribution in [3.8, 4) is 6.07 Å². The molecule has 142 valence electrons. The third kappa shape index (κ3) is 5.31. The standard InChI is InChI=1S/C19H21N3O5/c1-2-27-19(26)13-6-8-22(9-7-13)17(23)15(11-20)12-21-16-5-3-4-14(10-16)18(24)25/h3-5,10,12-13,21H,2,6-9H2,1H3,(H,24,25)/b15-12-. The number of esters is 1. The number of nitrogens with zero attached hydrogens (tertiary/aromatic N) is 2. The van der Waals surface area contributed by atoms with Crippen molar-refractivity contribution in [1.82, 2.24) is 4.90 Å². The highest BCUT2D eigenvalue weighted by atomic mass is 16.5. The number of nitriles is 1. The molecule has 2 N–H and O–H groups in total. The largest absolute Gasteiger partial charge is 0.478 e. The molecule has 8 nitrogen and oxygen atoms in total. The summed E-state index contributed by atoms with van der Waals surface area (Å²) in [6.07, 6.45) is 2.26. The van der Waals surface area contributed by atoms with Crippen LogP contribution in [0.4, 0.5) is 5.69 Å². The number of benzene rings is 1. The molecule has 0 aliphatic carbocycles. The topological polar surface area (TPSA) is 120 Å². The number of rotatable bonds is 6. The molecule has 0 radical (unpaired) electrons. The van der Waals surface area contributed by atoms with E-state index in [4.69, 9.17) is 9.84 Å². The highest BCUT2D eigenvalue weighted by Crippen LogP contribution is 2.20. The van der Waals surface area contributed by atoms with Gasteiger partial charge in [-0.3, -0.25) is 9.59 Å². The van der Waals surface area contributed by atoms with Crippen molar-refractivity contribution in [1.29, 1.82) is 5.26 Å². The van der Waals surface area contributed by atoms with Crippen molar-refractivity contribution in [3.63, 3.8) is 0 Å². The van der Waals surface area contributed by atoms with Gasteiger partial charge in [0, 0.05) is 25.0 Å². The van der Waals surface area contributed by atoms with E-state index in [1.807, 2.05) is 6.07 Å². The van der Waals surface area contributed by atoms with Crippen LogP contribution in [0.25, 0.3) is 0 Å². The number of carboxylic acid groups (broad SMARTS) is 1. The number of piperidine rings is 1. The second-order valence-corrected chi connectivity index (χ2v) is 6.02. The number of carboxylic acids is 1. The Morgan fingerprint density at radius 3 is 2.67 bits per heavy atom. The van der Waals surface area contributed by atoms with Gasteiger partial charge in [0.25, 0.3) is 5.91 Å². The van der Waals surface area contributed by atoms with Crippen LogP contribution < -0.4 is 5.32 Å². The summed E-state index contributed by atoms with van der Waals surface area (Å²) in [4.78, 5) is 36.8. The number of likely N-dealkylation sites (tertiary alicyclic amines) is 1. The Hall–Kier alpha value is -3.34. The molecule has 1 aromatic carbocycles. The van der Waals surface area contributed by atoms with Gasteiger partial charge in [-0.15, -0.1) is 0 Å². The van der Waals surface area contributed by atoms with Crippen molar-refractivity contribution in [3.05, 3.63) is 41.6 Å². The molecule has 1 heterocycles. The van der Waals surface area contributed by atoms with Crippen LogP contribution in [0.5, 0.6) is 0 Å². The number of carbonyl (C=O) groups excluding carboxylic acids is 2. The maximum Gasteiger partial charge on any atom is 0.335 e. The summed E-state index contributed by atoms with van der Waals surface area (Å²) in [5.41, 5.74) is 0.459. The van der Waals surface area contributed by atoms with Crippen LogP contribution in [0.2, 0.25) is 0 Å². The highest BCUT2D eigenvalue weighted by molar-refractivity contribution is 5.97. The van der Waals surface area contributed by atoms with Gasteiger partial charge in [-0.05, 0) is 38.0 Å². The van der Waals surface area contributed by atoms with Gasteiger partial charge in [-0.1, -0.05) is 6.07 Å². The Balaban J connectivity index is 1.99. The first kappa shape index (κ1) is 20.0. The molecule has 0 atom stereocenters. The molecular formula is C19H21N3O5. The number of ether oxygens (including phenoxy) is 1. The maximum atomic E-state index is 12.5. The number of amides is 1. The molecule has 1 amide bonds. The van der Waals surface area contributed by atoms with Gasteiger partial charge in [0.2, 0.25) is 0 Å². The lowest BCUT2D eigenvalue weighted by Gasteiger charge is -2.30. The van der Waals surface area contributed by atoms with Crippen LogP contribution >= 0.6 is 0 Å². The molecule has 8 heteroatoms. The van der Waals surface area contributed by atoms with Gasteiger partial charge >= 0.3 is 11.9 Å². The Bertz CT molecular complexity index is 789. The molecule has 27 heavy (non-hydrogen) atoms. The van der Waals surface area contributed by atoms with Gasteiger partial charge in [-0.25, -0.2) is 4.79 Å². The zero-order valence-corrected chi connectivity index (χ0v) is 15.0. The second-order valence-electron chi connectivity index (χ2n) is 6.02. The fourth-order valence-corrected chi connectivity index (χ4v) is 2.79. The summed E-state index contributed by atoms with van der Waals surface area (Å²) in [6.45, 7) is 2.82. The number of aromatic carboxylic acids is 1. The molecule has 0 saturated carbocycles. The molecule has 0 spiro atoms. The van der Waals surface area contributed by atoms with Gasteiger partial charge in [-0.2, -0.15) is 5.26 Å². The number of hydrogen-bond donors (Lipinski definition) is 2. The molecular weight excluding hydrogens is 350 g/mol. The molecule has 0 aromatic heterocycles. The predicted octanol–water partition coefficient (Wildman–Crippen LogP) is 2.01. The Morgan fingerprint density at radius 2 is 2.07 bits per heavy atom. The summed E-state index contributed by atoms with van der Waals surface area (Å²) < 4.78 is 5.00. The van der Waals surface area contributed by atoms with E-state index in [2.05, 4.69) is 5.32 Å². The monoisotopic (exact) mass is 371 g/mol. The SMILES string of the molecule is CCOC(=O)C1CCN(C(=O)/C(C#N)=C\Nc2cccc(C(=O)O)c2)CC1. The van der Waals surface area contributed by atoms with Crippen molar-refractivity contribution in [2.24, 2.45) is 5.92 Å². The first-order valence-electron chi connectivity index (χ1n) is 8.62. The zero-order chi connectivity index (χ0) is 19.8. The molecule has 1 aliphatic rings. The average Bonchev–Trinajstić information content (AvgIpc) is 2.68. The lowest BCUT2D eigenvalue weighted by molar-refractivity contribution is -0.150. The summed E-state index contributed by atoms with van der Waals surface area (Å²) in [7, 11) is 0. The fraction of sp³-hybridized carbons (Fsp3) is 0.368. The van der Waals surface area contributed by atoms with Crippen LogP contribution in [-0.2, 0) is 14.3 Å². The van der Waals surface area contributed by atoms with E-state index in [-0.39, 0.29) is 23.0 Å². The average molecular weight is 371 g/mol. The Kier molecular flexibility index (Phi) is 6.94. The van der Waals surface area contributed by atoms with E-state index in [0.29, 0.717) is 38.2 Å². The Morgan fingerprint density at radius 1 is 1.37 bits per heavy atom. The first-order valence-corrected chi connectivity index (χ1v) is 8.62. The molecule has 0 bridgehead atoms. The van der Waals surface area contributed by atoms with E-state index >= 15 is 0 Å². The smallest absolute Gasteiger partial charge is 0.335 e. The summed E-state index contributed by atoms with van der Waals surface area (Å²) >= 11 is 0. The second kappa shape index (κ2) is 9.38. The van der Waals surface area contributed by atoms with Crippen molar-refractivity contribution in [2.45, 2.75) is 19.8 Å². The van der Waals surface area contributed by atoms with Crippen LogP contribution in [0.3, 0.4) is 0 Å². The number of carbonyl (C=O) groups is 3. The minimum absolute atomic E-state index is 0.0923. The minimum atomic E-state index is -1.07. The van der Waals surface area contributed by atoms with Crippen LogP contribution in [0.1, 0.15) is 30.1 Å². The molecule has 1 saturated heterocycles. The highest BCUT2D eigenvalue weighted by Gasteiger charge is 2.29. The van der Waals surface area contributed by atoms with E-state index in [1.54, 1.807) is 19.1 Å². The molecule has 1 fully saturated rings. The minimum Gasteiger partial charge on any atom is -0.478 e. The van der Waals surface area contributed by atoms with Crippen molar-refractivity contribution in [2.75, 3.05) is 25.0 Å². The van der Waals surface area contributed by atoms with E-state index in [1.165, 1.54) is 23.2 Å². The van der Waals surface area contributed by atoms with Gasteiger partial charge in [0.05, 0.1) is 18.1 Å². The van der Waals surface area contributed by atoms with E-state index in [0.717, 1.165) is 0 Å². The first-order chi connectivity index (χ1) is 13.0. The molecule has 1 aromatic rings. The maximum absolute atomic E-state index is 12.5. The normalized spacial score (nSPS) is 15.0. The third-order valence-electron chi connectivity index (χ3n) is 4.25. The fourth-order valence-electron chi connectivity index (χ4n) is 2.79. The summed E-state index contributed by atoms with van der Waals surface area (Å²) in [5, 5.41) is 21.1. The quantitative estimate of drug-likeness (QED) is 0.446. The Labute approximate surface area is 157 Å². The van der Waals surface area contributed by atoms with Crippen LogP contribution in [-0.4, -0.2) is 47.5 Å². The molecule has 0 unspecified atom stereocenters. The number of hydrogen-bond acceptors (Lipinski definition) is 6. The third-order valence-corrected chi connectivity index (χ3v) is 4.25. The van der Waals surface area contributed by atoms with E-state index in [9.17, 15) is 19.6 Å². The number of nitrogens with one attached hydrogen (secondary N) is 1. The number of anilines is 1. The summed E-state index contributed by atoms with van der Waals surface area (Å²) in [5.74, 6) is -1.97. The molecule has 1 aliphatic heterocycles. The zero-order valence-electron chi connectivity index (χ0n) is 15.0. The van der Waals surface area contributed by atoms with Crippen molar-refractivity contribution < 1.29 is 24.2 Å². The van der Waals surface area contributed by atoms with Gasteiger partial charge < -0.3 is 20.1 Å². The lowest BCUT2D eigenvalue weighted by atomic mass is 9.96. The predicted molar refractivity (Wildman–Crippen MR) is 96.7 cm³/mol. The molecule has 2 rings (SSSR count). The lowest BCUT2D eigenvalue weighted by Crippen LogP contribution is -2.41. The van der Waals surface area contributed by atoms with Crippen molar-refractivity contribution >= 4 is 23.5 Å². The van der Waals surface area contributed by atoms with Gasteiger partial charge in [0.1, 0.15) is 11.6 Å².